The van der Waals surface area contributed by atoms with Gasteiger partial charge in [-0.3, -0.25) is 0 Å². The monoisotopic (exact) mass is 193 g/mol. The molecule has 13 heavy (non-hydrogen) atoms. The number of hydrogen-bond acceptors (Lipinski definition) is 3. The van der Waals surface area contributed by atoms with Crippen LogP contribution in [-0.2, 0) is 0 Å². The van der Waals surface area contributed by atoms with Gasteiger partial charge in [-0.2, -0.15) is 5.26 Å². The van der Waals surface area contributed by atoms with Gasteiger partial charge in [0, 0.05) is 4.90 Å². The van der Waals surface area contributed by atoms with Crippen LogP contribution in [0.3, 0.4) is 0 Å². The largest absolute Gasteiger partial charge is 0.478 e. The molecule has 1 rings (SSSR count). The normalized spacial score (nSPS) is 9.31. The van der Waals surface area contributed by atoms with Crippen molar-refractivity contribution in [3.05, 3.63) is 28.8 Å². The molecule has 0 spiro atoms. The first kappa shape index (κ1) is 9.62. The van der Waals surface area contributed by atoms with Crippen molar-refractivity contribution in [2.24, 2.45) is 0 Å². The predicted octanol–water partition coefficient (Wildman–Crippen LogP) is 1.85. The van der Waals surface area contributed by atoms with Crippen LogP contribution in [0.4, 0.5) is 0 Å². The van der Waals surface area contributed by atoms with Crippen molar-refractivity contribution < 1.29 is 9.90 Å². The molecule has 1 aromatic rings. The summed E-state index contributed by atoms with van der Waals surface area (Å²) in [5.41, 5.74) is 1.10. The molecule has 0 bridgehead atoms. The zero-order chi connectivity index (χ0) is 10.0. The maximum Gasteiger partial charge on any atom is 0.335 e. The van der Waals surface area contributed by atoms with Crippen LogP contribution in [0.2, 0.25) is 0 Å². The van der Waals surface area contributed by atoms with Crippen LogP contribution in [0.25, 0.3) is 0 Å². The van der Waals surface area contributed by atoms with Crippen molar-refractivity contribution in [3.63, 3.8) is 0 Å². The summed E-state index contributed by atoms with van der Waals surface area (Å²) >= 11 is 4.07. The zero-order valence-electron chi connectivity index (χ0n) is 6.90. The lowest BCUT2D eigenvalue weighted by molar-refractivity contribution is 0.0696. The minimum atomic E-state index is -1.00. The number of hydrogen-bond donors (Lipinski definition) is 2. The summed E-state index contributed by atoms with van der Waals surface area (Å²) in [6.45, 7) is 1.63. The lowest BCUT2D eigenvalue weighted by Gasteiger charge is -2.04. The van der Waals surface area contributed by atoms with Crippen molar-refractivity contribution in [1.29, 1.82) is 5.26 Å². The minimum absolute atomic E-state index is 0.184. The molecule has 0 radical (unpaired) electrons. The summed E-state index contributed by atoms with van der Waals surface area (Å²) < 4.78 is 0. The summed E-state index contributed by atoms with van der Waals surface area (Å²) in [5, 5.41) is 17.4. The third-order valence-electron chi connectivity index (χ3n) is 1.78. The molecule has 0 saturated carbocycles. The number of benzene rings is 1. The van der Waals surface area contributed by atoms with Gasteiger partial charge in [0.1, 0.15) is 6.07 Å². The first-order chi connectivity index (χ1) is 6.07. The Kier molecular flexibility index (Phi) is 2.59. The molecule has 0 atom stereocenters. The number of carboxylic acid groups (broad SMARTS) is 1. The van der Waals surface area contributed by atoms with Gasteiger partial charge >= 0.3 is 5.97 Å². The van der Waals surface area contributed by atoms with Crippen molar-refractivity contribution in [2.75, 3.05) is 0 Å². The highest BCUT2D eigenvalue weighted by atomic mass is 32.1. The molecule has 0 heterocycles. The van der Waals surface area contributed by atoms with Gasteiger partial charge in [-0.05, 0) is 24.6 Å². The Morgan fingerprint density at radius 1 is 1.62 bits per heavy atom. The quantitative estimate of drug-likeness (QED) is 0.669. The maximum absolute atomic E-state index is 10.7. The molecular weight excluding hydrogens is 186 g/mol. The Bertz CT molecular complexity index is 407. The van der Waals surface area contributed by atoms with Crippen LogP contribution in [0.5, 0.6) is 0 Å². The van der Waals surface area contributed by atoms with Crippen molar-refractivity contribution in [3.8, 4) is 6.07 Å². The van der Waals surface area contributed by atoms with Gasteiger partial charge < -0.3 is 5.11 Å². The Balaban J connectivity index is 3.42. The van der Waals surface area contributed by atoms with Gasteiger partial charge in [-0.25, -0.2) is 4.79 Å². The molecular formula is C9H7NO2S. The molecule has 0 aromatic heterocycles. The van der Waals surface area contributed by atoms with E-state index in [1.54, 1.807) is 6.92 Å². The van der Waals surface area contributed by atoms with Crippen molar-refractivity contribution in [1.82, 2.24) is 0 Å². The van der Waals surface area contributed by atoms with E-state index < -0.39 is 5.97 Å². The smallest absolute Gasteiger partial charge is 0.335 e. The van der Waals surface area contributed by atoms with Gasteiger partial charge in [-0.1, -0.05) is 0 Å². The fourth-order valence-corrected chi connectivity index (χ4v) is 1.27. The molecule has 1 aromatic carbocycles. The number of rotatable bonds is 1. The van der Waals surface area contributed by atoms with Crippen LogP contribution in [0.1, 0.15) is 21.5 Å². The molecule has 0 aliphatic carbocycles. The first-order valence-electron chi connectivity index (χ1n) is 3.54. The second-order valence-electron chi connectivity index (χ2n) is 2.55. The fourth-order valence-electron chi connectivity index (χ4n) is 1.02. The van der Waals surface area contributed by atoms with Gasteiger partial charge in [0.25, 0.3) is 0 Å². The molecule has 0 saturated heterocycles. The van der Waals surface area contributed by atoms with E-state index in [1.165, 1.54) is 12.1 Å². The SMILES string of the molecule is Cc1c(C(=O)O)ccc(C#N)c1S. The van der Waals surface area contributed by atoms with E-state index >= 15 is 0 Å². The van der Waals surface area contributed by atoms with E-state index in [1.807, 2.05) is 6.07 Å². The lowest BCUT2D eigenvalue weighted by Crippen LogP contribution is -2.01. The highest BCUT2D eigenvalue weighted by Gasteiger charge is 2.11. The van der Waals surface area contributed by atoms with E-state index in [9.17, 15) is 4.79 Å². The standard InChI is InChI=1S/C9H7NO2S/c1-5-7(9(11)12)3-2-6(4-10)8(5)13/h2-3,13H,1H3,(H,11,12). The maximum atomic E-state index is 10.7. The molecule has 0 fully saturated rings. The average molecular weight is 193 g/mol. The van der Waals surface area contributed by atoms with Gasteiger partial charge in [0.15, 0.2) is 0 Å². The topological polar surface area (TPSA) is 61.1 Å². The third-order valence-corrected chi connectivity index (χ3v) is 2.36. The predicted molar refractivity (Wildman–Crippen MR) is 50.1 cm³/mol. The number of aromatic carboxylic acids is 1. The minimum Gasteiger partial charge on any atom is -0.478 e. The van der Waals surface area contributed by atoms with Crippen LogP contribution in [0, 0.1) is 18.3 Å². The summed E-state index contributed by atoms with van der Waals surface area (Å²) in [7, 11) is 0. The Morgan fingerprint density at radius 3 is 2.69 bits per heavy atom. The molecule has 0 amide bonds. The third kappa shape index (κ3) is 1.65. The first-order valence-corrected chi connectivity index (χ1v) is 3.98. The number of carbonyl (C=O) groups is 1. The number of nitriles is 1. The fraction of sp³-hybridized carbons (Fsp3) is 0.111. The van der Waals surface area contributed by atoms with Crippen molar-refractivity contribution >= 4 is 18.6 Å². The van der Waals surface area contributed by atoms with Gasteiger partial charge in [0.2, 0.25) is 0 Å². The number of thiol groups is 1. The van der Waals surface area contributed by atoms with Crippen LogP contribution in [0.15, 0.2) is 17.0 Å². The number of nitrogens with zero attached hydrogens (tertiary/aromatic N) is 1. The Hall–Kier alpha value is -1.47. The van der Waals surface area contributed by atoms with E-state index in [0.29, 0.717) is 16.0 Å². The average Bonchev–Trinajstić information content (AvgIpc) is 2.09. The Morgan fingerprint density at radius 2 is 2.23 bits per heavy atom. The molecule has 0 unspecified atom stereocenters. The van der Waals surface area contributed by atoms with Crippen LogP contribution in [-0.4, -0.2) is 11.1 Å². The molecule has 0 aliphatic heterocycles. The van der Waals surface area contributed by atoms with Crippen molar-refractivity contribution in [2.45, 2.75) is 11.8 Å². The summed E-state index contributed by atoms with van der Waals surface area (Å²) in [6.07, 6.45) is 0. The van der Waals surface area contributed by atoms with Gasteiger partial charge in [-0.15, -0.1) is 12.6 Å². The lowest BCUT2D eigenvalue weighted by atomic mass is 10.1. The molecule has 0 aliphatic rings. The van der Waals surface area contributed by atoms with Crippen LogP contribution >= 0.6 is 12.6 Å². The second-order valence-corrected chi connectivity index (χ2v) is 3.00. The second kappa shape index (κ2) is 3.50. The van der Waals surface area contributed by atoms with Crippen LogP contribution < -0.4 is 0 Å². The summed E-state index contributed by atoms with van der Waals surface area (Å²) in [4.78, 5) is 11.1. The molecule has 66 valence electrons. The molecule has 1 N–H and O–H groups in total. The van der Waals surface area contributed by atoms with E-state index in [2.05, 4.69) is 12.6 Å². The van der Waals surface area contributed by atoms with E-state index in [-0.39, 0.29) is 5.56 Å². The zero-order valence-corrected chi connectivity index (χ0v) is 7.80. The van der Waals surface area contributed by atoms with E-state index in [4.69, 9.17) is 10.4 Å². The molecule has 3 nitrogen and oxygen atoms in total. The highest BCUT2D eigenvalue weighted by molar-refractivity contribution is 7.80. The number of carboxylic acids is 1. The van der Waals surface area contributed by atoms with E-state index in [0.717, 1.165) is 0 Å². The van der Waals surface area contributed by atoms with Gasteiger partial charge in [0.05, 0.1) is 11.1 Å². The summed E-state index contributed by atoms with van der Waals surface area (Å²) in [6, 6.07) is 4.80. The molecule has 4 heteroatoms. The Labute approximate surface area is 81.0 Å². The summed E-state index contributed by atoms with van der Waals surface area (Å²) in [5.74, 6) is -1.00. The highest BCUT2D eigenvalue weighted by Crippen LogP contribution is 2.21.